The van der Waals surface area contributed by atoms with Crippen molar-refractivity contribution in [3.05, 3.63) is 48.4 Å². The summed E-state index contributed by atoms with van der Waals surface area (Å²) in [5, 5.41) is 16.3. The molecule has 4 N–H and O–H groups in total. The minimum Gasteiger partial charge on any atom is -0.491 e. The molecule has 0 spiro atoms. The second kappa shape index (κ2) is 10.4. The minimum absolute atomic E-state index is 0.0443. The topological polar surface area (TPSA) is 121 Å². The molecule has 0 aliphatic heterocycles. The zero-order chi connectivity index (χ0) is 22.2. The standard InChI is InChI=1S/C22H28N6O3/c1-14(2)30-17-8-16(22(29)28-19(23)6-7-24-3)9-18(10-17)31-21-13-26-20(12-27-21)25-11-15-4-5-15/h6-10,12-15,24H,4-5,11H2,1-3H3,(H,25,26)(H2,23,28,29)/b7-6-. The van der Waals surface area contributed by atoms with Crippen LogP contribution >= 0.6 is 0 Å². The number of hydrogen-bond donors (Lipinski definition) is 4. The van der Waals surface area contributed by atoms with Crippen molar-refractivity contribution in [1.82, 2.24) is 20.6 Å². The van der Waals surface area contributed by atoms with E-state index in [0.717, 1.165) is 12.5 Å². The number of carbonyl (C=O) groups is 1. The first-order chi connectivity index (χ1) is 14.9. The normalized spacial score (nSPS) is 13.2. The van der Waals surface area contributed by atoms with Gasteiger partial charge in [-0.2, -0.15) is 0 Å². The summed E-state index contributed by atoms with van der Waals surface area (Å²) in [6.45, 7) is 4.69. The number of nitrogens with zero attached hydrogens (tertiary/aromatic N) is 2. The van der Waals surface area contributed by atoms with Crippen molar-refractivity contribution in [2.24, 2.45) is 5.92 Å². The second-order valence-electron chi connectivity index (χ2n) is 7.52. The molecule has 1 aliphatic carbocycles. The maximum Gasteiger partial charge on any atom is 0.257 e. The van der Waals surface area contributed by atoms with Crippen LogP contribution < -0.4 is 25.4 Å². The number of amidine groups is 1. The van der Waals surface area contributed by atoms with Gasteiger partial charge in [0.1, 0.15) is 23.2 Å². The predicted molar refractivity (Wildman–Crippen MR) is 119 cm³/mol. The molecule has 164 valence electrons. The van der Waals surface area contributed by atoms with E-state index in [1.165, 1.54) is 25.1 Å². The maximum absolute atomic E-state index is 12.6. The van der Waals surface area contributed by atoms with E-state index < -0.39 is 5.91 Å². The predicted octanol–water partition coefficient (Wildman–Crippen LogP) is 3.32. The van der Waals surface area contributed by atoms with Gasteiger partial charge >= 0.3 is 0 Å². The van der Waals surface area contributed by atoms with Crippen LogP contribution in [0, 0.1) is 11.3 Å². The van der Waals surface area contributed by atoms with E-state index in [0.29, 0.717) is 28.8 Å². The van der Waals surface area contributed by atoms with Crippen molar-refractivity contribution in [1.29, 1.82) is 5.41 Å². The molecule has 1 aromatic carbocycles. The zero-order valence-electron chi connectivity index (χ0n) is 17.9. The van der Waals surface area contributed by atoms with Crippen LogP contribution in [-0.2, 0) is 0 Å². The monoisotopic (exact) mass is 424 g/mol. The lowest BCUT2D eigenvalue weighted by atomic mass is 10.2. The molecule has 0 unspecified atom stereocenters. The first-order valence-corrected chi connectivity index (χ1v) is 10.2. The third kappa shape index (κ3) is 7.29. The Morgan fingerprint density at radius 3 is 2.65 bits per heavy atom. The zero-order valence-corrected chi connectivity index (χ0v) is 17.9. The van der Waals surface area contributed by atoms with Gasteiger partial charge < -0.3 is 25.4 Å². The van der Waals surface area contributed by atoms with Gasteiger partial charge in [-0.1, -0.05) is 0 Å². The van der Waals surface area contributed by atoms with E-state index in [9.17, 15) is 4.79 Å². The highest BCUT2D eigenvalue weighted by Gasteiger charge is 2.20. The van der Waals surface area contributed by atoms with Crippen molar-refractivity contribution in [3.8, 4) is 17.4 Å². The Balaban J connectivity index is 1.73. The van der Waals surface area contributed by atoms with Gasteiger partial charge in [0.25, 0.3) is 5.91 Å². The molecule has 1 heterocycles. The average molecular weight is 425 g/mol. The molecule has 9 heteroatoms. The van der Waals surface area contributed by atoms with Crippen molar-refractivity contribution < 1.29 is 14.3 Å². The van der Waals surface area contributed by atoms with Crippen molar-refractivity contribution in [2.75, 3.05) is 18.9 Å². The van der Waals surface area contributed by atoms with E-state index in [1.807, 2.05) is 13.8 Å². The highest BCUT2D eigenvalue weighted by molar-refractivity contribution is 6.09. The van der Waals surface area contributed by atoms with Gasteiger partial charge in [0.05, 0.1) is 18.5 Å². The highest BCUT2D eigenvalue weighted by Crippen LogP contribution is 2.29. The largest absolute Gasteiger partial charge is 0.491 e. The highest BCUT2D eigenvalue weighted by atomic mass is 16.5. The number of anilines is 1. The molecular formula is C22H28N6O3. The summed E-state index contributed by atoms with van der Waals surface area (Å²) in [6.07, 6.45) is 8.59. The number of rotatable bonds is 10. The van der Waals surface area contributed by atoms with Crippen LogP contribution in [0.4, 0.5) is 5.82 Å². The average Bonchev–Trinajstić information content (AvgIpc) is 3.55. The van der Waals surface area contributed by atoms with Crippen LogP contribution in [0.3, 0.4) is 0 Å². The fourth-order valence-corrected chi connectivity index (χ4v) is 2.66. The first kappa shape index (κ1) is 22.1. The molecule has 31 heavy (non-hydrogen) atoms. The van der Waals surface area contributed by atoms with Gasteiger partial charge in [0.15, 0.2) is 0 Å². The molecule has 0 saturated heterocycles. The van der Waals surface area contributed by atoms with Crippen LogP contribution in [0.25, 0.3) is 0 Å². The molecule has 1 fully saturated rings. The lowest BCUT2D eigenvalue weighted by Gasteiger charge is -2.14. The molecule has 1 aromatic heterocycles. The van der Waals surface area contributed by atoms with Crippen LogP contribution in [-0.4, -0.2) is 41.4 Å². The van der Waals surface area contributed by atoms with Gasteiger partial charge in [0, 0.05) is 25.2 Å². The molecule has 2 aromatic rings. The third-order valence-electron chi connectivity index (χ3n) is 4.30. The van der Waals surface area contributed by atoms with E-state index >= 15 is 0 Å². The SMILES string of the molecule is CN/C=C\C(=N)NC(=O)c1cc(Oc2cnc(NCC3CC3)cn2)cc(OC(C)C)c1. The van der Waals surface area contributed by atoms with E-state index in [-0.39, 0.29) is 11.9 Å². The molecule has 1 saturated carbocycles. The van der Waals surface area contributed by atoms with Gasteiger partial charge in [0.2, 0.25) is 5.88 Å². The number of amides is 1. The lowest BCUT2D eigenvalue weighted by molar-refractivity contribution is 0.0976. The summed E-state index contributed by atoms with van der Waals surface area (Å²) in [4.78, 5) is 21.2. The van der Waals surface area contributed by atoms with E-state index in [4.69, 9.17) is 14.9 Å². The Morgan fingerprint density at radius 2 is 2.00 bits per heavy atom. The van der Waals surface area contributed by atoms with Crippen LogP contribution in [0.5, 0.6) is 17.4 Å². The van der Waals surface area contributed by atoms with Crippen LogP contribution in [0.2, 0.25) is 0 Å². The van der Waals surface area contributed by atoms with Gasteiger partial charge in [-0.3, -0.25) is 10.2 Å². The summed E-state index contributed by atoms with van der Waals surface area (Å²) < 4.78 is 11.6. The number of nitrogens with one attached hydrogen (secondary N) is 4. The Bertz CT molecular complexity index is 939. The number of carbonyl (C=O) groups excluding carboxylic acids is 1. The molecule has 0 atom stereocenters. The second-order valence-corrected chi connectivity index (χ2v) is 7.52. The fraction of sp³-hybridized carbons (Fsp3) is 0.364. The summed E-state index contributed by atoms with van der Waals surface area (Å²) in [5.74, 6) is 2.10. The van der Waals surface area contributed by atoms with Crippen molar-refractivity contribution >= 4 is 17.6 Å². The van der Waals surface area contributed by atoms with Gasteiger partial charge in [-0.15, -0.1) is 0 Å². The third-order valence-corrected chi connectivity index (χ3v) is 4.30. The maximum atomic E-state index is 12.6. The van der Waals surface area contributed by atoms with Crippen LogP contribution in [0.1, 0.15) is 37.0 Å². The van der Waals surface area contributed by atoms with E-state index in [1.54, 1.807) is 37.6 Å². The van der Waals surface area contributed by atoms with Crippen molar-refractivity contribution in [3.63, 3.8) is 0 Å². The summed E-state index contributed by atoms with van der Waals surface area (Å²) in [6, 6.07) is 4.86. The molecule has 3 rings (SSSR count). The number of hydrogen-bond acceptors (Lipinski definition) is 8. The molecule has 9 nitrogen and oxygen atoms in total. The number of aromatic nitrogens is 2. The molecular weight excluding hydrogens is 396 g/mol. The molecule has 0 radical (unpaired) electrons. The first-order valence-electron chi connectivity index (χ1n) is 10.2. The Kier molecular flexibility index (Phi) is 7.42. The van der Waals surface area contributed by atoms with Crippen molar-refractivity contribution in [2.45, 2.75) is 32.8 Å². The summed E-state index contributed by atoms with van der Waals surface area (Å²) >= 11 is 0. The Morgan fingerprint density at radius 1 is 1.23 bits per heavy atom. The van der Waals surface area contributed by atoms with E-state index in [2.05, 4.69) is 25.9 Å². The molecule has 1 amide bonds. The minimum atomic E-state index is -0.449. The molecule has 1 aliphatic rings. The number of benzene rings is 1. The fourth-order valence-electron chi connectivity index (χ4n) is 2.66. The Labute approximate surface area is 181 Å². The summed E-state index contributed by atoms with van der Waals surface area (Å²) in [7, 11) is 1.71. The van der Waals surface area contributed by atoms with Gasteiger partial charge in [-0.05, 0) is 57.0 Å². The Hall–Kier alpha value is -3.62. The summed E-state index contributed by atoms with van der Waals surface area (Å²) in [5.41, 5.74) is 0.298. The molecule has 0 bridgehead atoms. The quantitative estimate of drug-likeness (QED) is 0.341. The van der Waals surface area contributed by atoms with Gasteiger partial charge in [-0.25, -0.2) is 9.97 Å². The van der Waals surface area contributed by atoms with Crippen LogP contribution in [0.15, 0.2) is 42.9 Å². The number of ether oxygens (including phenoxy) is 2. The smallest absolute Gasteiger partial charge is 0.257 e. The lowest BCUT2D eigenvalue weighted by Crippen LogP contribution is -2.28.